The highest BCUT2D eigenvalue weighted by Crippen LogP contribution is 2.30. The van der Waals surface area contributed by atoms with Gasteiger partial charge in [0.05, 0.1) is 11.5 Å². The van der Waals surface area contributed by atoms with Crippen molar-refractivity contribution in [2.75, 3.05) is 16.8 Å². The molecule has 19 heavy (non-hydrogen) atoms. The van der Waals surface area contributed by atoms with E-state index < -0.39 is 9.84 Å². The zero-order valence-electron chi connectivity index (χ0n) is 11.3. The van der Waals surface area contributed by atoms with Crippen LogP contribution < -0.4 is 0 Å². The van der Waals surface area contributed by atoms with Crippen molar-refractivity contribution >= 4 is 25.8 Å². The number of alkyl halides is 1. The highest BCUT2D eigenvalue weighted by atomic mass is 79.9. The van der Waals surface area contributed by atoms with Crippen molar-refractivity contribution in [3.8, 4) is 0 Å². The van der Waals surface area contributed by atoms with Gasteiger partial charge in [-0.15, -0.1) is 0 Å². The molecule has 1 aliphatic heterocycles. The predicted molar refractivity (Wildman–Crippen MR) is 83.6 cm³/mol. The number of hydrogen-bond donors (Lipinski definition) is 0. The number of rotatable bonds is 5. The molecule has 2 atom stereocenters. The molecule has 1 aromatic rings. The van der Waals surface area contributed by atoms with E-state index in [0.717, 1.165) is 24.6 Å². The highest BCUT2D eigenvalue weighted by molar-refractivity contribution is 9.09. The molecular weight excluding hydrogens is 324 g/mol. The van der Waals surface area contributed by atoms with Gasteiger partial charge >= 0.3 is 0 Å². The molecular formula is C15H21BrO2S. The van der Waals surface area contributed by atoms with Crippen molar-refractivity contribution < 1.29 is 8.42 Å². The molecule has 0 spiro atoms. The van der Waals surface area contributed by atoms with Crippen LogP contribution in [0.3, 0.4) is 0 Å². The third-order valence-electron chi connectivity index (χ3n) is 4.06. The maximum absolute atomic E-state index is 11.6. The fourth-order valence-corrected chi connectivity index (χ4v) is 5.43. The summed E-state index contributed by atoms with van der Waals surface area (Å²) in [6, 6.07) is 8.70. The van der Waals surface area contributed by atoms with Crippen molar-refractivity contribution in [2.45, 2.75) is 26.2 Å². The molecule has 0 saturated carbocycles. The molecule has 0 aromatic heterocycles. The summed E-state index contributed by atoms with van der Waals surface area (Å²) >= 11 is 3.55. The topological polar surface area (TPSA) is 34.1 Å². The van der Waals surface area contributed by atoms with E-state index in [9.17, 15) is 8.42 Å². The average Bonchev–Trinajstić information content (AvgIpc) is 2.77. The largest absolute Gasteiger partial charge is 0.229 e. The van der Waals surface area contributed by atoms with Crippen molar-refractivity contribution in [3.63, 3.8) is 0 Å². The van der Waals surface area contributed by atoms with Crippen LogP contribution in [0.5, 0.6) is 0 Å². The molecule has 0 bridgehead atoms. The molecule has 0 amide bonds. The maximum atomic E-state index is 11.6. The Bertz CT molecular complexity index is 507. The van der Waals surface area contributed by atoms with Gasteiger partial charge in [-0.1, -0.05) is 47.1 Å². The monoisotopic (exact) mass is 344 g/mol. The lowest BCUT2D eigenvalue weighted by Crippen LogP contribution is -2.20. The van der Waals surface area contributed by atoms with E-state index in [1.807, 2.05) is 0 Å². The SMILES string of the molecule is CCc1ccc(CC(CBr)C2CCS(=O)(=O)C2)cc1. The van der Waals surface area contributed by atoms with Gasteiger partial charge in [-0.25, -0.2) is 8.42 Å². The number of benzene rings is 1. The average molecular weight is 345 g/mol. The third-order valence-corrected chi connectivity index (χ3v) is 6.69. The molecule has 1 aliphatic rings. The number of hydrogen-bond acceptors (Lipinski definition) is 2. The van der Waals surface area contributed by atoms with Crippen LogP contribution in [0, 0.1) is 11.8 Å². The summed E-state index contributed by atoms with van der Waals surface area (Å²) in [4.78, 5) is 0. The number of sulfone groups is 1. The molecule has 0 radical (unpaired) electrons. The molecule has 1 fully saturated rings. The van der Waals surface area contributed by atoms with Crippen molar-refractivity contribution in [3.05, 3.63) is 35.4 Å². The van der Waals surface area contributed by atoms with E-state index in [1.165, 1.54) is 11.1 Å². The van der Waals surface area contributed by atoms with Gasteiger partial charge in [0.15, 0.2) is 9.84 Å². The van der Waals surface area contributed by atoms with Crippen LogP contribution in [-0.4, -0.2) is 25.3 Å². The van der Waals surface area contributed by atoms with Crippen LogP contribution in [0.4, 0.5) is 0 Å². The quantitative estimate of drug-likeness (QED) is 0.768. The predicted octanol–water partition coefficient (Wildman–Crippen LogP) is 3.24. The van der Waals surface area contributed by atoms with Crippen LogP contribution in [0.1, 0.15) is 24.5 Å². The summed E-state index contributed by atoms with van der Waals surface area (Å²) in [6.07, 6.45) is 2.85. The normalized spacial score (nSPS) is 23.4. The minimum absolute atomic E-state index is 0.315. The van der Waals surface area contributed by atoms with E-state index in [0.29, 0.717) is 23.3 Å². The molecule has 1 heterocycles. The first-order chi connectivity index (χ1) is 9.04. The van der Waals surface area contributed by atoms with Crippen molar-refractivity contribution in [1.82, 2.24) is 0 Å². The Morgan fingerprint density at radius 2 is 1.89 bits per heavy atom. The van der Waals surface area contributed by atoms with Crippen molar-refractivity contribution in [2.24, 2.45) is 11.8 Å². The lowest BCUT2D eigenvalue weighted by atomic mass is 9.88. The highest BCUT2D eigenvalue weighted by Gasteiger charge is 2.33. The van der Waals surface area contributed by atoms with Gasteiger partial charge in [-0.05, 0) is 42.2 Å². The van der Waals surface area contributed by atoms with Crippen LogP contribution in [-0.2, 0) is 22.7 Å². The smallest absolute Gasteiger partial charge is 0.150 e. The van der Waals surface area contributed by atoms with E-state index >= 15 is 0 Å². The second-order valence-corrected chi connectivity index (χ2v) is 8.33. The molecule has 0 N–H and O–H groups in total. The van der Waals surface area contributed by atoms with E-state index in [1.54, 1.807) is 0 Å². The van der Waals surface area contributed by atoms with E-state index in [-0.39, 0.29) is 0 Å². The molecule has 1 saturated heterocycles. The Hall–Kier alpha value is -0.350. The lowest BCUT2D eigenvalue weighted by molar-refractivity contribution is 0.402. The van der Waals surface area contributed by atoms with Gasteiger partial charge in [0.2, 0.25) is 0 Å². The summed E-state index contributed by atoms with van der Waals surface area (Å²) in [5.41, 5.74) is 2.66. The molecule has 4 heteroatoms. The van der Waals surface area contributed by atoms with Gasteiger partial charge in [-0.2, -0.15) is 0 Å². The fourth-order valence-electron chi connectivity index (χ4n) is 2.76. The van der Waals surface area contributed by atoms with Gasteiger partial charge in [0.25, 0.3) is 0 Å². The Kier molecular flexibility index (Phi) is 5.07. The summed E-state index contributed by atoms with van der Waals surface area (Å²) < 4.78 is 23.2. The van der Waals surface area contributed by atoms with Gasteiger partial charge in [-0.3, -0.25) is 0 Å². The Balaban J connectivity index is 2.02. The first kappa shape index (κ1) is 15.0. The molecule has 106 valence electrons. The summed E-state index contributed by atoms with van der Waals surface area (Å²) in [5, 5.41) is 0.878. The molecule has 0 aliphatic carbocycles. The lowest BCUT2D eigenvalue weighted by Gasteiger charge is -2.20. The van der Waals surface area contributed by atoms with E-state index in [4.69, 9.17) is 0 Å². The second kappa shape index (κ2) is 6.40. The molecule has 1 aromatic carbocycles. The number of aryl methyl sites for hydroxylation is 1. The fraction of sp³-hybridized carbons (Fsp3) is 0.600. The first-order valence-electron chi connectivity index (χ1n) is 6.88. The van der Waals surface area contributed by atoms with Crippen LogP contribution in [0.15, 0.2) is 24.3 Å². The summed E-state index contributed by atoms with van der Waals surface area (Å²) in [5.74, 6) is 1.48. The number of halogens is 1. The first-order valence-corrected chi connectivity index (χ1v) is 9.82. The van der Waals surface area contributed by atoms with Gasteiger partial charge < -0.3 is 0 Å². The minimum Gasteiger partial charge on any atom is -0.229 e. The molecule has 2 rings (SSSR count). The Labute approximate surface area is 124 Å². The second-order valence-electron chi connectivity index (χ2n) is 5.45. The standard InChI is InChI=1S/C15H21BrO2S/c1-2-12-3-5-13(6-4-12)9-15(10-16)14-7-8-19(17,18)11-14/h3-6,14-15H,2,7-11H2,1H3. The minimum atomic E-state index is -2.77. The van der Waals surface area contributed by atoms with Crippen LogP contribution >= 0.6 is 15.9 Å². The zero-order chi connectivity index (χ0) is 13.9. The zero-order valence-corrected chi connectivity index (χ0v) is 13.7. The summed E-state index contributed by atoms with van der Waals surface area (Å²) in [6.45, 7) is 2.15. The third kappa shape index (κ3) is 4.06. The van der Waals surface area contributed by atoms with Gasteiger partial charge in [0.1, 0.15) is 0 Å². The molecule has 2 nitrogen and oxygen atoms in total. The molecule has 2 unspecified atom stereocenters. The summed E-state index contributed by atoms with van der Waals surface area (Å²) in [7, 11) is -2.77. The van der Waals surface area contributed by atoms with Gasteiger partial charge in [0, 0.05) is 5.33 Å². The van der Waals surface area contributed by atoms with E-state index in [2.05, 4.69) is 47.1 Å². The Morgan fingerprint density at radius 1 is 1.26 bits per heavy atom. The Morgan fingerprint density at radius 3 is 2.37 bits per heavy atom. The van der Waals surface area contributed by atoms with Crippen LogP contribution in [0.2, 0.25) is 0 Å². The van der Waals surface area contributed by atoms with Crippen LogP contribution in [0.25, 0.3) is 0 Å². The maximum Gasteiger partial charge on any atom is 0.150 e. The van der Waals surface area contributed by atoms with Crippen molar-refractivity contribution in [1.29, 1.82) is 0 Å².